The highest BCUT2D eigenvalue weighted by molar-refractivity contribution is 6.30. The number of ether oxygens (including phenoxy) is 3. The van der Waals surface area contributed by atoms with Gasteiger partial charge in [0.25, 0.3) is 0 Å². The average Bonchev–Trinajstić information content (AvgIpc) is 3.10. The fourth-order valence-corrected chi connectivity index (χ4v) is 3.26. The van der Waals surface area contributed by atoms with Gasteiger partial charge < -0.3 is 25.1 Å². The molecule has 6 nitrogen and oxygen atoms in total. The minimum atomic E-state index is -0.704. The molecule has 0 spiro atoms. The molecule has 146 valence electrons. The monoisotopic (exact) mass is 392 g/mol. The Morgan fingerprint density at radius 1 is 1.19 bits per heavy atom. The maximum atomic E-state index is 10.3. The van der Waals surface area contributed by atoms with Gasteiger partial charge in [-0.25, -0.2) is 0 Å². The number of methoxy groups -OCH3 is 1. The smallest absolute Gasteiger partial charge is 0.178 e. The van der Waals surface area contributed by atoms with E-state index in [1.807, 2.05) is 12.1 Å². The molecule has 3 N–H and O–H groups in total. The zero-order valence-electron chi connectivity index (χ0n) is 15.5. The van der Waals surface area contributed by atoms with Crippen molar-refractivity contribution in [1.82, 2.24) is 4.90 Å². The Morgan fingerprint density at radius 2 is 1.89 bits per heavy atom. The summed E-state index contributed by atoms with van der Waals surface area (Å²) < 4.78 is 17.3. The molecule has 0 saturated carbocycles. The minimum Gasteiger partial charge on any atom is -0.497 e. The Labute approximate surface area is 164 Å². The van der Waals surface area contributed by atoms with Gasteiger partial charge >= 0.3 is 0 Å². The Kier molecular flexibility index (Phi) is 6.31. The molecule has 0 radical (unpaired) electrons. The van der Waals surface area contributed by atoms with E-state index in [1.54, 1.807) is 44.4 Å². The number of aliphatic hydroxyl groups is 1. The lowest BCUT2D eigenvalue weighted by Crippen LogP contribution is -2.46. The number of nitrogen functional groups attached to an aromatic ring is 1. The zero-order valence-corrected chi connectivity index (χ0v) is 16.2. The molecule has 1 fully saturated rings. The normalized spacial score (nSPS) is 19.5. The third-order valence-electron chi connectivity index (χ3n) is 4.53. The Balaban J connectivity index is 1.66. The van der Waals surface area contributed by atoms with E-state index in [0.717, 1.165) is 18.7 Å². The number of aliphatic hydroxyl groups excluding tert-OH is 1. The van der Waals surface area contributed by atoms with Crippen LogP contribution in [0.15, 0.2) is 42.5 Å². The van der Waals surface area contributed by atoms with Crippen LogP contribution < -0.4 is 19.9 Å². The van der Waals surface area contributed by atoms with Crippen LogP contribution in [-0.4, -0.2) is 48.6 Å². The van der Waals surface area contributed by atoms with E-state index in [4.69, 9.17) is 31.5 Å². The third kappa shape index (κ3) is 4.97. The molecule has 0 aromatic heterocycles. The fraction of sp³-hybridized carbons (Fsp3) is 0.400. The van der Waals surface area contributed by atoms with Crippen molar-refractivity contribution >= 4 is 17.3 Å². The lowest BCUT2D eigenvalue weighted by atomic mass is 10.2. The zero-order chi connectivity index (χ0) is 19.4. The van der Waals surface area contributed by atoms with Crippen molar-refractivity contribution in [2.75, 3.05) is 25.9 Å². The SMILES string of the molecule is COc1ccc(N)c(OC(C(C)O)N2CCC(Oc3ccc(Cl)cc3)C2)c1. The molecule has 0 bridgehead atoms. The Morgan fingerprint density at radius 3 is 2.56 bits per heavy atom. The van der Waals surface area contributed by atoms with Gasteiger partial charge in [-0.15, -0.1) is 0 Å². The van der Waals surface area contributed by atoms with Crippen LogP contribution in [0.25, 0.3) is 0 Å². The second-order valence-electron chi connectivity index (χ2n) is 6.63. The molecule has 7 heteroatoms. The largest absolute Gasteiger partial charge is 0.497 e. The van der Waals surface area contributed by atoms with Crippen LogP contribution >= 0.6 is 11.6 Å². The van der Waals surface area contributed by atoms with Crippen molar-refractivity contribution in [1.29, 1.82) is 0 Å². The van der Waals surface area contributed by atoms with Gasteiger partial charge in [-0.2, -0.15) is 0 Å². The number of benzene rings is 2. The first kappa shape index (κ1) is 19.6. The highest BCUT2D eigenvalue weighted by atomic mass is 35.5. The number of nitrogens with two attached hydrogens (primary N) is 1. The molecule has 27 heavy (non-hydrogen) atoms. The number of hydrogen-bond donors (Lipinski definition) is 2. The first-order valence-corrected chi connectivity index (χ1v) is 9.28. The van der Waals surface area contributed by atoms with E-state index in [-0.39, 0.29) is 6.10 Å². The summed E-state index contributed by atoms with van der Waals surface area (Å²) in [6, 6.07) is 12.5. The van der Waals surface area contributed by atoms with E-state index < -0.39 is 12.3 Å². The maximum Gasteiger partial charge on any atom is 0.178 e. The lowest BCUT2D eigenvalue weighted by Gasteiger charge is -2.31. The summed E-state index contributed by atoms with van der Waals surface area (Å²) in [5.41, 5.74) is 6.51. The molecule has 1 heterocycles. The molecule has 2 aromatic rings. The molecule has 1 saturated heterocycles. The van der Waals surface area contributed by atoms with Crippen molar-refractivity contribution in [3.63, 3.8) is 0 Å². The van der Waals surface area contributed by atoms with Gasteiger partial charge in [0, 0.05) is 24.2 Å². The molecular weight excluding hydrogens is 368 g/mol. The molecule has 3 rings (SSSR count). The van der Waals surface area contributed by atoms with Crippen LogP contribution in [-0.2, 0) is 0 Å². The topological polar surface area (TPSA) is 77.2 Å². The quantitative estimate of drug-likeness (QED) is 0.705. The van der Waals surface area contributed by atoms with E-state index in [2.05, 4.69) is 4.90 Å². The van der Waals surface area contributed by atoms with Gasteiger partial charge in [-0.3, -0.25) is 4.90 Å². The average molecular weight is 393 g/mol. The van der Waals surface area contributed by atoms with Crippen molar-refractivity contribution in [3.8, 4) is 17.2 Å². The maximum absolute atomic E-state index is 10.3. The van der Waals surface area contributed by atoms with Gasteiger partial charge in [0.1, 0.15) is 29.5 Å². The molecule has 1 aliphatic heterocycles. The second kappa shape index (κ2) is 8.69. The minimum absolute atomic E-state index is 0.0127. The Hall–Kier alpha value is -2.15. The summed E-state index contributed by atoms with van der Waals surface area (Å²) in [7, 11) is 1.58. The van der Waals surface area contributed by atoms with Crippen molar-refractivity contribution in [2.45, 2.75) is 31.8 Å². The molecule has 0 amide bonds. The van der Waals surface area contributed by atoms with Crippen molar-refractivity contribution in [2.24, 2.45) is 0 Å². The number of rotatable bonds is 7. The van der Waals surface area contributed by atoms with Crippen LogP contribution in [0.4, 0.5) is 5.69 Å². The van der Waals surface area contributed by atoms with Gasteiger partial charge in [0.05, 0.1) is 12.8 Å². The van der Waals surface area contributed by atoms with E-state index in [0.29, 0.717) is 28.8 Å². The summed E-state index contributed by atoms with van der Waals surface area (Å²) in [5.74, 6) is 1.91. The number of hydrogen-bond acceptors (Lipinski definition) is 6. The molecule has 3 atom stereocenters. The first-order chi connectivity index (χ1) is 13.0. The van der Waals surface area contributed by atoms with Crippen LogP contribution in [0.5, 0.6) is 17.2 Å². The number of nitrogens with zero attached hydrogens (tertiary/aromatic N) is 1. The lowest BCUT2D eigenvalue weighted by molar-refractivity contribution is -0.0506. The summed E-state index contributed by atoms with van der Waals surface area (Å²) in [6.45, 7) is 3.09. The summed E-state index contributed by atoms with van der Waals surface area (Å²) in [6.07, 6.45) is -0.384. The van der Waals surface area contributed by atoms with Gasteiger partial charge in [-0.1, -0.05) is 11.6 Å². The van der Waals surface area contributed by atoms with Gasteiger partial charge in [-0.05, 0) is 49.7 Å². The highest BCUT2D eigenvalue weighted by Crippen LogP contribution is 2.30. The van der Waals surface area contributed by atoms with Crippen LogP contribution in [0.3, 0.4) is 0 Å². The Bertz CT molecular complexity index is 754. The predicted octanol–water partition coefficient (Wildman–Crippen LogP) is 3.17. The number of halogens is 1. The van der Waals surface area contributed by atoms with E-state index in [9.17, 15) is 5.11 Å². The van der Waals surface area contributed by atoms with Crippen molar-refractivity contribution in [3.05, 3.63) is 47.5 Å². The predicted molar refractivity (Wildman–Crippen MR) is 106 cm³/mol. The number of likely N-dealkylation sites (tertiary alicyclic amines) is 1. The second-order valence-corrected chi connectivity index (χ2v) is 7.07. The summed E-state index contributed by atoms with van der Waals surface area (Å²) in [5, 5.41) is 10.9. The summed E-state index contributed by atoms with van der Waals surface area (Å²) in [4.78, 5) is 2.06. The molecule has 1 aliphatic rings. The highest BCUT2D eigenvalue weighted by Gasteiger charge is 2.33. The number of anilines is 1. The fourth-order valence-electron chi connectivity index (χ4n) is 3.14. The van der Waals surface area contributed by atoms with Crippen LogP contribution in [0.1, 0.15) is 13.3 Å². The van der Waals surface area contributed by atoms with Crippen LogP contribution in [0.2, 0.25) is 5.02 Å². The summed E-state index contributed by atoms with van der Waals surface area (Å²) >= 11 is 5.91. The van der Waals surface area contributed by atoms with Crippen molar-refractivity contribution < 1.29 is 19.3 Å². The first-order valence-electron chi connectivity index (χ1n) is 8.91. The van der Waals surface area contributed by atoms with Gasteiger partial charge in [0.2, 0.25) is 0 Å². The molecule has 2 aromatic carbocycles. The third-order valence-corrected chi connectivity index (χ3v) is 4.79. The standard InChI is InChI=1S/C20H25ClN2O4/c1-13(24)20(27-19-11-16(25-2)7-8-18(19)22)23-10-9-17(12-23)26-15-5-3-14(21)4-6-15/h3-8,11,13,17,20,24H,9-10,12,22H2,1-2H3. The van der Waals surface area contributed by atoms with Gasteiger partial charge in [0.15, 0.2) is 6.23 Å². The molecule has 0 aliphatic carbocycles. The molecular formula is C20H25ClN2O4. The molecule has 3 unspecified atom stereocenters. The van der Waals surface area contributed by atoms with E-state index in [1.165, 1.54) is 0 Å². The van der Waals surface area contributed by atoms with Crippen LogP contribution in [0, 0.1) is 0 Å². The van der Waals surface area contributed by atoms with E-state index >= 15 is 0 Å².